The Morgan fingerprint density at radius 1 is 1.14 bits per heavy atom. The molecule has 0 atom stereocenters. The number of carbonyl (C=O) groups is 1. The molecule has 1 heterocycles. The lowest BCUT2D eigenvalue weighted by atomic mass is 9.80. The number of piperidine rings is 1. The quantitative estimate of drug-likeness (QED) is 0.801. The van der Waals surface area contributed by atoms with E-state index in [2.05, 4.69) is 55.8 Å². The zero-order valence-electron chi connectivity index (χ0n) is 14.2. The van der Waals surface area contributed by atoms with E-state index in [4.69, 9.17) is 0 Å². The van der Waals surface area contributed by atoms with E-state index in [0.29, 0.717) is 6.54 Å². The van der Waals surface area contributed by atoms with Crippen LogP contribution in [-0.2, 0) is 6.42 Å². The van der Waals surface area contributed by atoms with Crippen LogP contribution in [0.5, 0.6) is 0 Å². The molecule has 122 valence electrons. The highest BCUT2D eigenvalue weighted by Crippen LogP contribution is 2.28. The summed E-state index contributed by atoms with van der Waals surface area (Å²) < 4.78 is 0. The molecule has 0 aromatic heterocycles. The van der Waals surface area contributed by atoms with Gasteiger partial charge in [0.05, 0.1) is 0 Å². The summed E-state index contributed by atoms with van der Waals surface area (Å²) in [5.74, 6) is 0. The highest BCUT2D eigenvalue weighted by molar-refractivity contribution is 5.74. The van der Waals surface area contributed by atoms with Gasteiger partial charge in [-0.3, -0.25) is 0 Å². The average molecular weight is 303 g/mol. The third-order valence-corrected chi connectivity index (χ3v) is 4.07. The second-order valence-corrected chi connectivity index (χ2v) is 7.63. The van der Waals surface area contributed by atoms with Gasteiger partial charge in [0.1, 0.15) is 0 Å². The number of hydrogen-bond donors (Lipinski definition) is 3. The smallest absolute Gasteiger partial charge is 0.315 e. The Morgan fingerprint density at radius 2 is 1.73 bits per heavy atom. The normalized spacial score (nSPS) is 20.4. The first-order chi connectivity index (χ1) is 10.3. The minimum absolute atomic E-state index is 0.0454. The van der Waals surface area contributed by atoms with Crippen molar-refractivity contribution in [1.82, 2.24) is 16.0 Å². The van der Waals surface area contributed by atoms with E-state index in [1.807, 2.05) is 18.2 Å². The molecule has 0 bridgehead atoms. The number of urea groups is 1. The van der Waals surface area contributed by atoms with Gasteiger partial charge in [-0.25, -0.2) is 4.79 Å². The molecule has 0 radical (unpaired) electrons. The van der Waals surface area contributed by atoms with Crippen molar-refractivity contribution in [3.05, 3.63) is 35.9 Å². The predicted molar refractivity (Wildman–Crippen MR) is 91.0 cm³/mol. The van der Waals surface area contributed by atoms with E-state index in [1.165, 1.54) is 5.56 Å². The van der Waals surface area contributed by atoms with E-state index in [9.17, 15) is 4.79 Å². The van der Waals surface area contributed by atoms with Gasteiger partial charge >= 0.3 is 6.03 Å². The van der Waals surface area contributed by atoms with Gasteiger partial charge in [-0.2, -0.15) is 0 Å². The van der Waals surface area contributed by atoms with Gasteiger partial charge in [0.15, 0.2) is 0 Å². The molecule has 1 aromatic rings. The van der Waals surface area contributed by atoms with E-state index >= 15 is 0 Å². The highest BCUT2D eigenvalue weighted by Gasteiger charge is 2.38. The second kappa shape index (κ2) is 6.69. The topological polar surface area (TPSA) is 53.2 Å². The van der Waals surface area contributed by atoms with Crippen molar-refractivity contribution in [1.29, 1.82) is 0 Å². The van der Waals surface area contributed by atoms with Crippen molar-refractivity contribution in [3.8, 4) is 0 Å². The zero-order chi connectivity index (χ0) is 16.2. The van der Waals surface area contributed by atoms with E-state index in [0.717, 1.165) is 19.3 Å². The van der Waals surface area contributed by atoms with Crippen LogP contribution in [0.1, 0.15) is 46.1 Å². The zero-order valence-corrected chi connectivity index (χ0v) is 14.2. The van der Waals surface area contributed by atoms with Gasteiger partial charge in [-0.1, -0.05) is 30.3 Å². The lowest BCUT2D eigenvalue weighted by Crippen LogP contribution is -2.62. The van der Waals surface area contributed by atoms with Crippen LogP contribution < -0.4 is 16.0 Å². The summed E-state index contributed by atoms with van der Waals surface area (Å²) >= 11 is 0. The third-order valence-electron chi connectivity index (χ3n) is 4.07. The molecule has 2 rings (SSSR count). The summed E-state index contributed by atoms with van der Waals surface area (Å²) in [5.41, 5.74) is 1.33. The summed E-state index contributed by atoms with van der Waals surface area (Å²) in [6.45, 7) is 9.42. The molecule has 0 saturated carbocycles. The SMILES string of the molecule is CC1(C)CC(NC(=O)NCCc2ccccc2)CC(C)(C)N1. The highest BCUT2D eigenvalue weighted by atomic mass is 16.2. The molecule has 1 aromatic carbocycles. The largest absolute Gasteiger partial charge is 0.338 e. The van der Waals surface area contributed by atoms with E-state index < -0.39 is 0 Å². The lowest BCUT2D eigenvalue weighted by Gasteiger charge is -2.46. The Hall–Kier alpha value is -1.55. The fourth-order valence-corrected chi connectivity index (χ4v) is 3.63. The molecule has 4 nitrogen and oxygen atoms in total. The van der Waals surface area contributed by atoms with Gasteiger partial charge in [0.2, 0.25) is 0 Å². The van der Waals surface area contributed by atoms with Gasteiger partial charge in [-0.05, 0) is 52.5 Å². The van der Waals surface area contributed by atoms with Crippen molar-refractivity contribution in [2.45, 2.75) is 64.1 Å². The lowest BCUT2D eigenvalue weighted by molar-refractivity contribution is 0.147. The monoisotopic (exact) mass is 303 g/mol. The fourth-order valence-electron chi connectivity index (χ4n) is 3.63. The van der Waals surface area contributed by atoms with Crippen LogP contribution in [0.3, 0.4) is 0 Å². The van der Waals surface area contributed by atoms with Crippen LogP contribution >= 0.6 is 0 Å². The van der Waals surface area contributed by atoms with Crippen LogP contribution in [0.4, 0.5) is 4.79 Å². The number of benzene rings is 1. The fraction of sp³-hybridized carbons (Fsp3) is 0.611. The average Bonchev–Trinajstić information content (AvgIpc) is 2.36. The number of hydrogen-bond acceptors (Lipinski definition) is 2. The minimum atomic E-state index is -0.0607. The molecule has 2 amide bonds. The molecule has 0 unspecified atom stereocenters. The van der Waals surface area contributed by atoms with Gasteiger partial charge in [-0.15, -0.1) is 0 Å². The van der Waals surface area contributed by atoms with Crippen LogP contribution in [0.2, 0.25) is 0 Å². The number of amides is 2. The van der Waals surface area contributed by atoms with E-state index in [-0.39, 0.29) is 23.2 Å². The Bertz CT molecular complexity index is 480. The van der Waals surface area contributed by atoms with Crippen LogP contribution in [-0.4, -0.2) is 29.7 Å². The summed E-state index contributed by atoms with van der Waals surface area (Å²) in [5, 5.41) is 9.72. The first-order valence-electron chi connectivity index (χ1n) is 8.13. The summed E-state index contributed by atoms with van der Waals surface area (Å²) in [6.07, 6.45) is 2.75. The Morgan fingerprint density at radius 3 is 2.32 bits per heavy atom. The standard InChI is InChI=1S/C18H29N3O/c1-17(2)12-15(13-18(3,4)21-17)20-16(22)19-11-10-14-8-6-5-7-9-14/h5-9,15,21H,10-13H2,1-4H3,(H2,19,20,22). The maximum absolute atomic E-state index is 12.1. The van der Waals surface area contributed by atoms with Crippen molar-refractivity contribution < 1.29 is 4.79 Å². The first-order valence-corrected chi connectivity index (χ1v) is 8.13. The molecule has 3 N–H and O–H groups in total. The van der Waals surface area contributed by atoms with Crippen molar-refractivity contribution in [2.75, 3.05) is 6.54 Å². The van der Waals surface area contributed by atoms with Crippen molar-refractivity contribution in [3.63, 3.8) is 0 Å². The third kappa shape index (κ3) is 5.34. The Kier molecular flexibility index (Phi) is 5.12. The molecule has 1 saturated heterocycles. The van der Waals surface area contributed by atoms with Crippen molar-refractivity contribution >= 4 is 6.03 Å². The molecule has 4 heteroatoms. The Labute approximate surface area is 134 Å². The molecular formula is C18H29N3O. The van der Waals surface area contributed by atoms with Crippen molar-refractivity contribution in [2.24, 2.45) is 0 Å². The van der Waals surface area contributed by atoms with Crippen LogP contribution in [0.25, 0.3) is 0 Å². The molecule has 1 aliphatic heterocycles. The van der Waals surface area contributed by atoms with Crippen LogP contribution in [0.15, 0.2) is 30.3 Å². The van der Waals surface area contributed by atoms with Crippen LogP contribution in [0, 0.1) is 0 Å². The number of rotatable bonds is 4. The summed E-state index contributed by atoms with van der Waals surface area (Å²) in [4.78, 5) is 12.1. The Balaban J connectivity index is 1.77. The molecule has 1 fully saturated rings. The minimum Gasteiger partial charge on any atom is -0.338 e. The van der Waals surface area contributed by atoms with Gasteiger partial charge in [0.25, 0.3) is 0 Å². The van der Waals surface area contributed by atoms with Gasteiger partial charge < -0.3 is 16.0 Å². The first kappa shape index (κ1) is 16.8. The molecule has 0 spiro atoms. The maximum Gasteiger partial charge on any atom is 0.315 e. The molecule has 22 heavy (non-hydrogen) atoms. The molecule has 1 aliphatic rings. The molecule has 0 aliphatic carbocycles. The summed E-state index contributed by atoms with van der Waals surface area (Å²) in [7, 11) is 0. The molecular weight excluding hydrogens is 274 g/mol. The van der Waals surface area contributed by atoms with Gasteiger partial charge in [0, 0.05) is 23.7 Å². The number of nitrogens with one attached hydrogen (secondary N) is 3. The summed E-state index contributed by atoms with van der Waals surface area (Å²) in [6, 6.07) is 10.4. The maximum atomic E-state index is 12.1. The predicted octanol–water partition coefficient (Wildman–Crippen LogP) is 2.84. The number of carbonyl (C=O) groups excluding carboxylic acids is 1. The van der Waals surface area contributed by atoms with E-state index in [1.54, 1.807) is 0 Å². The second-order valence-electron chi connectivity index (χ2n) is 7.63.